The molecule has 1 fully saturated rings. The number of hydrogen-bond acceptors (Lipinski definition) is 3. The molecule has 1 unspecified atom stereocenters. The highest BCUT2D eigenvalue weighted by Crippen LogP contribution is 2.32. The van der Waals surface area contributed by atoms with Gasteiger partial charge < -0.3 is 15.8 Å². The molecule has 5 heteroatoms. The molecule has 1 saturated carbocycles. The monoisotopic (exact) mass is 338 g/mol. The maximum absolute atomic E-state index is 12.2. The number of ether oxygens (including phenoxy) is 1. The Balaban J connectivity index is 0.00000192. The third-order valence-electron chi connectivity index (χ3n) is 4.95. The highest BCUT2D eigenvalue weighted by atomic mass is 35.5. The standard InChI is InChI=1S/C18H26N2O2.ClH/c19-18(9-5-1-2-6-10-18)13-20-17(21)11-16-15-8-4-3-7-14(15)12-22-16;/h3-4,7-8,16H,1-2,5-6,9-13,19H2,(H,20,21);1H. The van der Waals surface area contributed by atoms with Crippen molar-refractivity contribution in [3.63, 3.8) is 0 Å². The van der Waals surface area contributed by atoms with Gasteiger partial charge in [-0.05, 0) is 24.0 Å². The molecular formula is C18H27ClN2O2. The van der Waals surface area contributed by atoms with Crippen molar-refractivity contribution < 1.29 is 9.53 Å². The van der Waals surface area contributed by atoms with E-state index in [-0.39, 0.29) is 30.0 Å². The van der Waals surface area contributed by atoms with Gasteiger partial charge in [0.05, 0.1) is 19.1 Å². The maximum atomic E-state index is 12.2. The summed E-state index contributed by atoms with van der Waals surface area (Å²) in [6, 6.07) is 8.12. The Hall–Kier alpha value is -1.10. The number of fused-ring (bicyclic) bond motifs is 1. The van der Waals surface area contributed by atoms with Gasteiger partial charge in [-0.3, -0.25) is 4.79 Å². The van der Waals surface area contributed by atoms with E-state index in [4.69, 9.17) is 10.5 Å². The summed E-state index contributed by atoms with van der Waals surface area (Å²) < 4.78 is 5.74. The molecule has 128 valence electrons. The number of rotatable bonds is 4. The topological polar surface area (TPSA) is 64.3 Å². The van der Waals surface area contributed by atoms with Crippen LogP contribution in [-0.2, 0) is 16.1 Å². The molecule has 23 heavy (non-hydrogen) atoms. The number of carbonyl (C=O) groups is 1. The molecule has 1 aromatic carbocycles. The lowest BCUT2D eigenvalue weighted by Crippen LogP contribution is -2.49. The Labute approximate surface area is 144 Å². The molecule has 3 rings (SSSR count). The zero-order valence-electron chi connectivity index (χ0n) is 13.6. The molecule has 1 amide bonds. The first-order valence-corrected chi connectivity index (χ1v) is 8.41. The molecule has 1 heterocycles. The Morgan fingerprint density at radius 2 is 1.91 bits per heavy atom. The van der Waals surface area contributed by atoms with Gasteiger partial charge >= 0.3 is 0 Å². The summed E-state index contributed by atoms with van der Waals surface area (Å²) in [6.45, 7) is 1.19. The molecule has 0 aromatic heterocycles. The van der Waals surface area contributed by atoms with E-state index >= 15 is 0 Å². The Morgan fingerprint density at radius 3 is 2.65 bits per heavy atom. The van der Waals surface area contributed by atoms with Gasteiger partial charge in [0.25, 0.3) is 0 Å². The van der Waals surface area contributed by atoms with E-state index in [1.165, 1.54) is 31.2 Å². The number of halogens is 1. The predicted octanol–water partition coefficient (Wildman–Crippen LogP) is 3.24. The molecule has 0 radical (unpaired) electrons. The maximum Gasteiger partial charge on any atom is 0.223 e. The largest absolute Gasteiger partial charge is 0.368 e. The summed E-state index contributed by atoms with van der Waals surface area (Å²) >= 11 is 0. The van der Waals surface area contributed by atoms with E-state index in [2.05, 4.69) is 17.4 Å². The van der Waals surface area contributed by atoms with Crippen LogP contribution >= 0.6 is 12.4 Å². The Bertz CT molecular complexity index is 528. The van der Waals surface area contributed by atoms with Crippen LogP contribution in [0.25, 0.3) is 0 Å². The molecule has 2 aliphatic rings. The summed E-state index contributed by atoms with van der Waals surface area (Å²) in [5.74, 6) is 0.0378. The number of nitrogens with one attached hydrogen (secondary N) is 1. The Morgan fingerprint density at radius 1 is 1.22 bits per heavy atom. The van der Waals surface area contributed by atoms with E-state index in [0.717, 1.165) is 18.4 Å². The number of carbonyl (C=O) groups excluding carboxylic acids is 1. The fraction of sp³-hybridized carbons (Fsp3) is 0.611. The minimum Gasteiger partial charge on any atom is -0.368 e. The van der Waals surface area contributed by atoms with E-state index in [1.807, 2.05) is 12.1 Å². The van der Waals surface area contributed by atoms with E-state index in [0.29, 0.717) is 19.6 Å². The lowest BCUT2D eigenvalue weighted by Gasteiger charge is -2.28. The van der Waals surface area contributed by atoms with Crippen LogP contribution in [0.15, 0.2) is 24.3 Å². The van der Waals surface area contributed by atoms with Crippen LogP contribution in [0, 0.1) is 0 Å². The molecule has 1 aliphatic heterocycles. The summed E-state index contributed by atoms with van der Waals surface area (Å²) in [4.78, 5) is 12.2. The van der Waals surface area contributed by atoms with Crippen LogP contribution in [-0.4, -0.2) is 18.0 Å². The predicted molar refractivity (Wildman–Crippen MR) is 93.5 cm³/mol. The molecule has 0 spiro atoms. The minimum atomic E-state index is -0.222. The fourth-order valence-corrected chi connectivity index (χ4v) is 3.55. The zero-order chi connectivity index (χ0) is 15.4. The zero-order valence-corrected chi connectivity index (χ0v) is 14.4. The van der Waals surface area contributed by atoms with Crippen LogP contribution in [0.5, 0.6) is 0 Å². The van der Waals surface area contributed by atoms with Crippen molar-refractivity contribution in [2.75, 3.05) is 6.54 Å². The Kier molecular flexibility index (Phi) is 6.45. The molecule has 0 saturated heterocycles. The lowest BCUT2D eigenvalue weighted by atomic mass is 9.91. The highest BCUT2D eigenvalue weighted by Gasteiger charge is 2.28. The number of amides is 1. The van der Waals surface area contributed by atoms with Crippen LogP contribution < -0.4 is 11.1 Å². The normalized spacial score (nSPS) is 22.6. The third kappa shape index (κ3) is 4.69. The van der Waals surface area contributed by atoms with Crippen molar-refractivity contribution in [2.45, 2.75) is 63.2 Å². The minimum absolute atomic E-state index is 0. The van der Waals surface area contributed by atoms with Gasteiger partial charge in [-0.15, -0.1) is 12.4 Å². The van der Waals surface area contributed by atoms with Crippen LogP contribution in [0.2, 0.25) is 0 Å². The summed E-state index contributed by atoms with van der Waals surface area (Å²) in [6.07, 6.45) is 7.16. The summed E-state index contributed by atoms with van der Waals surface area (Å²) in [5.41, 5.74) is 8.57. The molecule has 0 bridgehead atoms. The molecule has 1 atom stereocenters. The molecule has 1 aromatic rings. The first-order valence-electron chi connectivity index (χ1n) is 8.41. The number of hydrogen-bond donors (Lipinski definition) is 2. The average Bonchev–Trinajstić information content (AvgIpc) is 2.79. The van der Waals surface area contributed by atoms with Crippen LogP contribution in [0.4, 0.5) is 0 Å². The van der Waals surface area contributed by atoms with Gasteiger partial charge in [-0.1, -0.05) is 49.9 Å². The van der Waals surface area contributed by atoms with E-state index < -0.39 is 0 Å². The van der Waals surface area contributed by atoms with Gasteiger partial charge in [0.1, 0.15) is 0 Å². The van der Waals surface area contributed by atoms with Crippen molar-refractivity contribution in [1.82, 2.24) is 5.32 Å². The van der Waals surface area contributed by atoms with Gasteiger partial charge in [-0.2, -0.15) is 0 Å². The first kappa shape index (κ1) is 18.2. The van der Waals surface area contributed by atoms with Gasteiger partial charge in [0.2, 0.25) is 5.91 Å². The van der Waals surface area contributed by atoms with E-state index in [9.17, 15) is 4.79 Å². The second-order valence-electron chi connectivity index (χ2n) is 6.76. The third-order valence-corrected chi connectivity index (χ3v) is 4.95. The molecule has 3 N–H and O–H groups in total. The second-order valence-corrected chi connectivity index (χ2v) is 6.76. The first-order chi connectivity index (χ1) is 10.7. The molecule has 1 aliphatic carbocycles. The quantitative estimate of drug-likeness (QED) is 0.828. The van der Waals surface area contributed by atoms with Gasteiger partial charge in [0, 0.05) is 12.1 Å². The molecule has 4 nitrogen and oxygen atoms in total. The second kappa shape index (κ2) is 8.13. The fourth-order valence-electron chi connectivity index (χ4n) is 3.55. The lowest BCUT2D eigenvalue weighted by molar-refractivity contribution is -0.124. The van der Waals surface area contributed by atoms with Gasteiger partial charge in [0.15, 0.2) is 0 Å². The molecular weight excluding hydrogens is 312 g/mol. The van der Waals surface area contributed by atoms with Gasteiger partial charge in [-0.25, -0.2) is 0 Å². The van der Waals surface area contributed by atoms with E-state index in [1.54, 1.807) is 0 Å². The summed E-state index contributed by atoms with van der Waals surface area (Å²) in [5, 5.41) is 3.03. The average molecular weight is 339 g/mol. The highest BCUT2D eigenvalue weighted by molar-refractivity contribution is 5.85. The van der Waals surface area contributed by atoms with Crippen LogP contribution in [0.3, 0.4) is 0 Å². The van der Waals surface area contributed by atoms with Crippen LogP contribution in [0.1, 0.15) is 62.2 Å². The van der Waals surface area contributed by atoms with Crippen molar-refractivity contribution in [1.29, 1.82) is 0 Å². The number of nitrogens with two attached hydrogens (primary N) is 1. The smallest absolute Gasteiger partial charge is 0.223 e. The van der Waals surface area contributed by atoms with Crippen molar-refractivity contribution in [3.8, 4) is 0 Å². The van der Waals surface area contributed by atoms with Crippen molar-refractivity contribution in [2.24, 2.45) is 5.73 Å². The van der Waals surface area contributed by atoms with Crippen molar-refractivity contribution in [3.05, 3.63) is 35.4 Å². The number of benzene rings is 1. The summed E-state index contributed by atoms with van der Waals surface area (Å²) in [7, 11) is 0. The van der Waals surface area contributed by atoms with Crippen molar-refractivity contribution >= 4 is 18.3 Å². The SMILES string of the molecule is Cl.NC1(CNC(=O)CC2OCc3ccccc32)CCCCCC1.